The second-order valence-corrected chi connectivity index (χ2v) is 4.90. The molecule has 0 atom stereocenters. The lowest BCUT2D eigenvalue weighted by atomic mass is 10.1. The molecule has 5 nitrogen and oxygen atoms in total. The average Bonchev–Trinajstić information content (AvgIpc) is 2.32. The quantitative estimate of drug-likeness (QED) is 0.935. The molecule has 1 N–H and O–H groups in total. The van der Waals surface area contributed by atoms with E-state index < -0.39 is 0 Å². The molecule has 100 valence electrons. The van der Waals surface area contributed by atoms with Crippen molar-refractivity contribution in [1.82, 2.24) is 15.0 Å². The fraction of sp³-hybridized carbons (Fsp3) is 0.308. The number of halogens is 1. The van der Waals surface area contributed by atoms with Crippen LogP contribution in [0.4, 0.5) is 17.6 Å². The zero-order valence-corrected chi connectivity index (χ0v) is 12.2. The van der Waals surface area contributed by atoms with Crippen molar-refractivity contribution < 1.29 is 0 Å². The number of aromatic nitrogens is 3. The van der Waals surface area contributed by atoms with Crippen molar-refractivity contribution in [2.75, 3.05) is 24.3 Å². The summed E-state index contributed by atoms with van der Waals surface area (Å²) in [5.41, 5.74) is 3.30. The summed E-state index contributed by atoms with van der Waals surface area (Å²) in [6.45, 7) is 4.09. The standard InChI is InChI=1S/C13H16ClN5/c1-8-5-6-10(9(2)7-8)15-12-16-11(14)17-13(18-12)19(3)4/h5-7H,1-4H3,(H,15,16,17,18). The number of hydrogen-bond acceptors (Lipinski definition) is 5. The van der Waals surface area contributed by atoms with E-state index in [-0.39, 0.29) is 5.28 Å². The molecule has 19 heavy (non-hydrogen) atoms. The van der Waals surface area contributed by atoms with Gasteiger partial charge in [-0.2, -0.15) is 15.0 Å². The van der Waals surface area contributed by atoms with E-state index in [9.17, 15) is 0 Å². The first kappa shape index (κ1) is 13.5. The topological polar surface area (TPSA) is 53.9 Å². The maximum absolute atomic E-state index is 5.90. The predicted molar refractivity (Wildman–Crippen MR) is 78.4 cm³/mol. The van der Waals surface area contributed by atoms with Crippen molar-refractivity contribution in [1.29, 1.82) is 0 Å². The summed E-state index contributed by atoms with van der Waals surface area (Å²) in [6.07, 6.45) is 0. The number of nitrogens with zero attached hydrogens (tertiary/aromatic N) is 4. The van der Waals surface area contributed by atoms with Crippen LogP contribution in [0.3, 0.4) is 0 Å². The largest absolute Gasteiger partial charge is 0.347 e. The summed E-state index contributed by atoms with van der Waals surface area (Å²) in [5.74, 6) is 0.961. The van der Waals surface area contributed by atoms with E-state index in [1.165, 1.54) is 5.56 Å². The Bertz CT molecular complexity index is 598. The Labute approximate surface area is 117 Å². The molecule has 1 aromatic carbocycles. The molecule has 1 heterocycles. The fourth-order valence-corrected chi connectivity index (χ4v) is 1.83. The number of aryl methyl sites for hydroxylation is 2. The highest BCUT2D eigenvalue weighted by Gasteiger charge is 2.08. The molecule has 0 saturated carbocycles. The van der Waals surface area contributed by atoms with Crippen LogP contribution in [0.15, 0.2) is 18.2 Å². The van der Waals surface area contributed by atoms with Gasteiger partial charge in [0.25, 0.3) is 0 Å². The molecule has 2 rings (SSSR count). The molecule has 0 aliphatic heterocycles. The van der Waals surface area contributed by atoms with Crippen molar-refractivity contribution in [2.45, 2.75) is 13.8 Å². The summed E-state index contributed by atoms with van der Waals surface area (Å²) >= 11 is 5.90. The van der Waals surface area contributed by atoms with Crippen LogP contribution in [0.1, 0.15) is 11.1 Å². The molecule has 0 unspecified atom stereocenters. The highest BCUT2D eigenvalue weighted by atomic mass is 35.5. The smallest absolute Gasteiger partial charge is 0.233 e. The van der Waals surface area contributed by atoms with Crippen LogP contribution in [0.5, 0.6) is 0 Å². The third kappa shape index (κ3) is 3.32. The van der Waals surface area contributed by atoms with Gasteiger partial charge in [-0.1, -0.05) is 17.7 Å². The molecule has 0 spiro atoms. The maximum atomic E-state index is 5.90. The maximum Gasteiger partial charge on any atom is 0.233 e. The van der Waals surface area contributed by atoms with E-state index in [0.717, 1.165) is 11.3 Å². The van der Waals surface area contributed by atoms with Crippen molar-refractivity contribution >= 4 is 29.2 Å². The van der Waals surface area contributed by atoms with E-state index in [1.807, 2.05) is 33.2 Å². The summed E-state index contributed by atoms with van der Waals surface area (Å²) < 4.78 is 0. The van der Waals surface area contributed by atoms with Gasteiger partial charge in [0.15, 0.2) is 0 Å². The van der Waals surface area contributed by atoms with Crippen molar-refractivity contribution in [3.05, 3.63) is 34.6 Å². The van der Waals surface area contributed by atoms with E-state index in [1.54, 1.807) is 4.90 Å². The average molecular weight is 278 g/mol. The van der Waals surface area contributed by atoms with Gasteiger partial charge in [0.1, 0.15) is 0 Å². The van der Waals surface area contributed by atoms with Crippen LogP contribution < -0.4 is 10.2 Å². The minimum absolute atomic E-state index is 0.172. The summed E-state index contributed by atoms with van der Waals surface area (Å²) in [4.78, 5) is 14.2. The molecule has 0 bridgehead atoms. The molecule has 0 aliphatic rings. The van der Waals surface area contributed by atoms with Crippen LogP contribution in [0.25, 0.3) is 0 Å². The molecule has 0 aliphatic carbocycles. The Morgan fingerprint density at radius 2 is 1.84 bits per heavy atom. The minimum atomic E-state index is 0.172. The van der Waals surface area contributed by atoms with Crippen LogP contribution in [0.2, 0.25) is 5.28 Å². The zero-order chi connectivity index (χ0) is 14.0. The van der Waals surface area contributed by atoms with Gasteiger partial charge >= 0.3 is 0 Å². The van der Waals surface area contributed by atoms with Gasteiger partial charge in [-0.15, -0.1) is 0 Å². The predicted octanol–water partition coefficient (Wildman–Crippen LogP) is 2.95. The molecule has 1 aromatic heterocycles. The van der Waals surface area contributed by atoms with Gasteiger partial charge in [-0.05, 0) is 37.1 Å². The lowest BCUT2D eigenvalue weighted by Crippen LogP contribution is -2.14. The Kier molecular flexibility index (Phi) is 3.85. The minimum Gasteiger partial charge on any atom is -0.347 e. The van der Waals surface area contributed by atoms with E-state index in [4.69, 9.17) is 11.6 Å². The van der Waals surface area contributed by atoms with Gasteiger partial charge in [0.05, 0.1) is 0 Å². The lowest BCUT2D eigenvalue weighted by molar-refractivity contribution is 0.961. The van der Waals surface area contributed by atoms with Crippen molar-refractivity contribution in [2.24, 2.45) is 0 Å². The molecule has 0 amide bonds. The number of anilines is 3. The Hall–Kier alpha value is -1.88. The molecule has 0 radical (unpaired) electrons. The van der Waals surface area contributed by atoms with Gasteiger partial charge in [-0.25, -0.2) is 0 Å². The first-order valence-electron chi connectivity index (χ1n) is 5.89. The van der Waals surface area contributed by atoms with Crippen molar-refractivity contribution in [3.8, 4) is 0 Å². The summed E-state index contributed by atoms with van der Waals surface area (Å²) in [5, 5.41) is 3.33. The second kappa shape index (κ2) is 5.40. The summed E-state index contributed by atoms with van der Waals surface area (Å²) in [6, 6.07) is 6.13. The number of hydrogen-bond donors (Lipinski definition) is 1. The number of nitrogens with one attached hydrogen (secondary N) is 1. The lowest BCUT2D eigenvalue weighted by Gasteiger charge is -2.13. The molecular weight excluding hydrogens is 262 g/mol. The third-order valence-corrected chi connectivity index (χ3v) is 2.79. The highest BCUT2D eigenvalue weighted by molar-refractivity contribution is 6.28. The van der Waals surface area contributed by atoms with E-state index in [2.05, 4.69) is 33.3 Å². The first-order chi connectivity index (χ1) is 8.95. The van der Waals surface area contributed by atoms with Crippen LogP contribution in [-0.4, -0.2) is 29.0 Å². The molecule has 0 saturated heterocycles. The SMILES string of the molecule is Cc1ccc(Nc2nc(Cl)nc(N(C)C)n2)c(C)c1. The summed E-state index contributed by atoms with van der Waals surface area (Å²) in [7, 11) is 3.71. The Balaban J connectivity index is 2.32. The van der Waals surface area contributed by atoms with Gasteiger partial charge in [-0.3, -0.25) is 0 Å². The van der Waals surface area contributed by atoms with E-state index >= 15 is 0 Å². The molecule has 6 heteroatoms. The van der Waals surface area contributed by atoms with E-state index in [0.29, 0.717) is 11.9 Å². The molecule has 0 fully saturated rings. The van der Waals surface area contributed by atoms with Crippen LogP contribution in [0, 0.1) is 13.8 Å². The van der Waals surface area contributed by atoms with Crippen molar-refractivity contribution in [3.63, 3.8) is 0 Å². The van der Waals surface area contributed by atoms with Gasteiger partial charge < -0.3 is 10.2 Å². The second-order valence-electron chi connectivity index (χ2n) is 4.57. The first-order valence-corrected chi connectivity index (χ1v) is 6.26. The van der Waals surface area contributed by atoms with Gasteiger partial charge in [0, 0.05) is 19.8 Å². The van der Waals surface area contributed by atoms with Gasteiger partial charge in [0.2, 0.25) is 17.2 Å². The van der Waals surface area contributed by atoms with Crippen LogP contribution >= 0.6 is 11.6 Å². The highest BCUT2D eigenvalue weighted by Crippen LogP contribution is 2.21. The Morgan fingerprint density at radius 1 is 1.11 bits per heavy atom. The third-order valence-electron chi connectivity index (χ3n) is 2.62. The molecule has 2 aromatic rings. The zero-order valence-electron chi connectivity index (χ0n) is 11.4. The van der Waals surface area contributed by atoms with Crippen LogP contribution in [-0.2, 0) is 0 Å². The monoisotopic (exact) mass is 277 g/mol. The number of rotatable bonds is 3. The number of benzene rings is 1. The Morgan fingerprint density at radius 3 is 2.47 bits per heavy atom. The normalized spacial score (nSPS) is 10.4. The molecular formula is C13H16ClN5. The fourth-order valence-electron chi connectivity index (χ4n) is 1.67.